The van der Waals surface area contributed by atoms with E-state index < -0.39 is 30.0 Å². The fourth-order valence-corrected chi connectivity index (χ4v) is 3.18. The number of amides is 2. The highest BCUT2D eigenvalue weighted by Crippen LogP contribution is 2.18. The third-order valence-electron chi connectivity index (χ3n) is 4.55. The van der Waals surface area contributed by atoms with Crippen LogP contribution in [0.2, 0.25) is 0 Å². The second kappa shape index (κ2) is 8.62. The van der Waals surface area contributed by atoms with E-state index in [2.05, 4.69) is 5.32 Å². The molecule has 2 amide bonds. The molecule has 2 rings (SSSR count). The van der Waals surface area contributed by atoms with Crippen LogP contribution in [0, 0.1) is 0 Å². The van der Waals surface area contributed by atoms with Crippen molar-refractivity contribution in [3.63, 3.8) is 0 Å². The Morgan fingerprint density at radius 1 is 1.32 bits per heavy atom. The maximum atomic E-state index is 12.6. The summed E-state index contributed by atoms with van der Waals surface area (Å²) in [5.74, 6) is -1.80. The number of hydrogen-bond acceptors (Lipinski definition) is 4. The van der Waals surface area contributed by atoms with Gasteiger partial charge in [0.15, 0.2) is 0 Å². The number of hydrogen-bond donors (Lipinski definition) is 3. The van der Waals surface area contributed by atoms with Crippen LogP contribution in [0.15, 0.2) is 30.3 Å². The molecule has 136 valence electrons. The average molecular weight is 347 g/mol. The molecule has 1 heterocycles. The summed E-state index contributed by atoms with van der Waals surface area (Å²) in [5.41, 5.74) is 6.38. The van der Waals surface area contributed by atoms with Gasteiger partial charge >= 0.3 is 5.97 Å². The van der Waals surface area contributed by atoms with Crippen molar-refractivity contribution in [2.24, 2.45) is 5.73 Å². The molecule has 0 bridgehead atoms. The third kappa shape index (κ3) is 5.03. The molecule has 0 aromatic heterocycles. The first-order valence-corrected chi connectivity index (χ1v) is 8.52. The Bertz CT molecular complexity index is 620. The lowest BCUT2D eigenvalue weighted by atomic mass is 10.0. The first-order valence-electron chi connectivity index (χ1n) is 8.52. The van der Waals surface area contributed by atoms with Crippen LogP contribution in [-0.4, -0.2) is 52.5 Å². The number of carboxylic acid groups (broad SMARTS) is 1. The molecule has 0 spiro atoms. The number of aryl methyl sites for hydroxylation is 1. The predicted molar refractivity (Wildman–Crippen MR) is 92.7 cm³/mol. The molecular weight excluding hydrogens is 322 g/mol. The number of nitrogens with one attached hydrogen (secondary N) is 1. The van der Waals surface area contributed by atoms with Gasteiger partial charge < -0.3 is 15.7 Å². The van der Waals surface area contributed by atoms with E-state index in [9.17, 15) is 19.5 Å². The lowest BCUT2D eigenvalue weighted by Gasteiger charge is -2.27. The Morgan fingerprint density at radius 2 is 2.00 bits per heavy atom. The number of rotatable bonds is 8. The molecule has 1 aromatic carbocycles. The van der Waals surface area contributed by atoms with Crippen LogP contribution >= 0.6 is 0 Å². The largest absolute Gasteiger partial charge is 0.480 e. The zero-order chi connectivity index (χ0) is 18.4. The topological polar surface area (TPSA) is 113 Å². The number of carbonyl (C=O) groups excluding carboxylic acids is 2. The molecule has 4 N–H and O–H groups in total. The first-order chi connectivity index (χ1) is 11.9. The second-order valence-electron chi connectivity index (χ2n) is 6.40. The summed E-state index contributed by atoms with van der Waals surface area (Å²) in [6, 6.07) is 7.46. The minimum atomic E-state index is -0.997. The van der Waals surface area contributed by atoms with Crippen LogP contribution in [0.4, 0.5) is 0 Å². The number of carbonyl (C=O) groups is 3. The summed E-state index contributed by atoms with van der Waals surface area (Å²) in [7, 11) is 0. The minimum absolute atomic E-state index is 0.285. The molecule has 1 fully saturated rings. The Hall–Kier alpha value is -2.41. The van der Waals surface area contributed by atoms with Gasteiger partial charge in [0.25, 0.3) is 0 Å². The van der Waals surface area contributed by atoms with Crippen LogP contribution < -0.4 is 11.1 Å². The van der Waals surface area contributed by atoms with E-state index in [1.807, 2.05) is 30.3 Å². The van der Waals surface area contributed by atoms with Crippen molar-refractivity contribution in [2.45, 2.75) is 50.7 Å². The van der Waals surface area contributed by atoms with Gasteiger partial charge in [0.05, 0.1) is 6.04 Å². The van der Waals surface area contributed by atoms with Gasteiger partial charge in [-0.1, -0.05) is 30.3 Å². The van der Waals surface area contributed by atoms with E-state index >= 15 is 0 Å². The Kier molecular flexibility index (Phi) is 6.52. The number of nitrogens with zero attached hydrogens (tertiary/aromatic N) is 1. The van der Waals surface area contributed by atoms with E-state index in [1.165, 1.54) is 4.90 Å². The van der Waals surface area contributed by atoms with Crippen molar-refractivity contribution in [1.29, 1.82) is 0 Å². The van der Waals surface area contributed by atoms with Gasteiger partial charge in [0.1, 0.15) is 12.1 Å². The van der Waals surface area contributed by atoms with Crippen molar-refractivity contribution in [1.82, 2.24) is 10.2 Å². The molecule has 0 saturated carbocycles. The van der Waals surface area contributed by atoms with Crippen LogP contribution in [0.3, 0.4) is 0 Å². The molecule has 1 aliphatic rings. The summed E-state index contributed by atoms with van der Waals surface area (Å²) < 4.78 is 0. The van der Waals surface area contributed by atoms with E-state index in [-0.39, 0.29) is 5.91 Å². The highest BCUT2D eigenvalue weighted by atomic mass is 16.4. The van der Waals surface area contributed by atoms with Crippen molar-refractivity contribution in [2.75, 3.05) is 6.54 Å². The molecule has 7 nitrogen and oxygen atoms in total. The summed E-state index contributed by atoms with van der Waals surface area (Å²) in [4.78, 5) is 37.0. The molecule has 0 aliphatic carbocycles. The van der Waals surface area contributed by atoms with Gasteiger partial charge in [0, 0.05) is 6.54 Å². The summed E-state index contributed by atoms with van der Waals surface area (Å²) in [6.07, 6.45) is 2.25. The third-order valence-corrected chi connectivity index (χ3v) is 4.55. The quantitative estimate of drug-likeness (QED) is 0.635. The number of primary amides is 1. The number of nitrogens with two attached hydrogens (primary N) is 1. The Morgan fingerprint density at radius 3 is 2.60 bits per heavy atom. The minimum Gasteiger partial charge on any atom is -0.480 e. The van der Waals surface area contributed by atoms with E-state index in [0.717, 1.165) is 12.0 Å². The lowest BCUT2D eigenvalue weighted by Crippen LogP contribution is -2.53. The van der Waals surface area contributed by atoms with Gasteiger partial charge in [0.2, 0.25) is 11.8 Å². The highest BCUT2D eigenvalue weighted by Gasteiger charge is 2.35. The zero-order valence-corrected chi connectivity index (χ0v) is 14.4. The standard InChI is InChI=1S/C18H25N3O4/c1-12(17(23)21-11-5-8-15(21)16(19)22)20-14(18(24)25)10-9-13-6-3-2-4-7-13/h2-4,6-7,12,14-15,20H,5,8-11H2,1H3,(H2,19,22)(H,24,25)/t12-,14?,15-/m0/s1. The van der Waals surface area contributed by atoms with Gasteiger partial charge in [-0.05, 0) is 38.2 Å². The molecule has 0 radical (unpaired) electrons. The van der Waals surface area contributed by atoms with Crippen LogP contribution in [-0.2, 0) is 20.8 Å². The molecule has 7 heteroatoms. The fraction of sp³-hybridized carbons (Fsp3) is 0.500. The number of likely N-dealkylation sites (tertiary alicyclic amines) is 1. The molecular formula is C18H25N3O4. The molecule has 1 unspecified atom stereocenters. The SMILES string of the molecule is C[C@H](NC(CCc1ccccc1)C(=O)O)C(=O)N1CCC[C@H]1C(N)=O. The van der Waals surface area contributed by atoms with Crippen LogP contribution in [0.5, 0.6) is 0 Å². The van der Waals surface area contributed by atoms with Gasteiger partial charge in [-0.3, -0.25) is 19.7 Å². The number of aliphatic carboxylic acids is 1. The van der Waals surface area contributed by atoms with Gasteiger partial charge in [-0.15, -0.1) is 0 Å². The summed E-state index contributed by atoms with van der Waals surface area (Å²) in [6.45, 7) is 2.09. The summed E-state index contributed by atoms with van der Waals surface area (Å²) in [5, 5.41) is 12.3. The fourth-order valence-electron chi connectivity index (χ4n) is 3.18. The molecule has 1 saturated heterocycles. The maximum absolute atomic E-state index is 12.6. The average Bonchev–Trinajstić information content (AvgIpc) is 3.08. The Labute approximate surface area is 147 Å². The van der Waals surface area contributed by atoms with Gasteiger partial charge in [-0.25, -0.2) is 0 Å². The lowest BCUT2D eigenvalue weighted by molar-refractivity contribution is -0.142. The van der Waals surface area contributed by atoms with Crippen LogP contribution in [0.1, 0.15) is 31.7 Å². The smallest absolute Gasteiger partial charge is 0.320 e. The Balaban J connectivity index is 1.95. The van der Waals surface area contributed by atoms with Gasteiger partial charge in [-0.2, -0.15) is 0 Å². The molecule has 1 aromatic rings. The molecule has 3 atom stereocenters. The van der Waals surface area contributed by atoms with Crippen molar-refractivity contribution in [3.8, 4) is 0 Å². The van der Waals surface area contributed by atoms with E-state index in [0.29, 0.717) is 25.8 Å². The number of carboxylic acids is 1. The van der Waals surface area contributed by atoms with Crippen molar-refractivity contribution in [3.05, 3.63) is 35.9 Å². The van der Waals surface area contributed by atoms with Crippen molar-refractivity contribution < 1.29 is 19.5 Å². The predicted octanol–water partition coefficient (Wildman–Crippen LogP) is 0.527. The monoisotopic (exact) mass is 347 g/mol. The second-order valence-corrected chi connectivity index (χ2v) is 6.40. The molecule has 25 heavy (non-hydrogen) atoms. The normalized spacial score (nSPS) is 19.4. The van der Waals surface area contributed by atoms with Crippen molar-refractivity contribution >= 4 is 17.8 Å². The van der Waals surface area contributed by atoms with E-state index in [1.54, 1.807) is 6.92 Å². The first kappa shape index (κ1) is 18.9. The maximum Gasteiger partial charge on any atom is 0.320 e. The summed E-state index contributed by atoms with van der Waals surface area (Å²) >= 11 is 0. The van der Waals surface area contributed by atoms with E-state index in [4.69, 9.17) is 5.73 Å². The van der Waals surface area contributed by atoms with Crippen LogP contribution in [0.25, 0.3) is 0 Å². The molecule has 1 aliphatic heterocycles. The zero-order valence-electron chi connectivity index (χ0n) is 14.4. The number of benzene rings is 1. The highest BCUT2D eigenvalue weighted by molar-refractivity contribution is 5.89.